The first-order valence-corrected chi connectivity index (χ1v) is 9.14. The molecule has 0 saturated carbocycles. The van der Waals surface area contributed by atoms with Gasteiger partial charge in [-0.15, -0.1) is 0 Å². The molecule has 1 atom stereocenters. The van der Waals surface area contributed by atoms with Crippen molar-refractivity contribution in [3.05, 3.63) is 74.9 Å². The van der Waals surface area contributed by atoms with Crippen LogP contribution in [0.15, 0.2) is 47.3 Å². The molecule has 3 aromatic rings. The normalized spacial score (nSPS) is 16.8. The summed E-state index contributed by atoms with van der Waals surface area (Å²) in [4.78, 5) is 33.6. The molecule has 7 heteroatoms. The molecule has 1 aliphatic rings. The van der Waals surface area contributed by atoms with Crippen molar-refractivity contribution in [3.63, 3.8) is 0 Å². The predicted octanol–water partition coefficient (Wildman–Crippen LogP) is 3.56. The number of benzene rings is 2. The van der Waals surface area contributed by atoms with E-state index in [0.29, 0.717) is 18.0 Å². The monoisotopic (exact) mass is 385 g/mol. The van der Waals surface area contributed by atoms with Gasteiger partial charge in [-0.2, -0.15) is 0 Å². The molecule has 2 aromatic carbocycles. The van der Waals surface area contributed by atoms with E-state index < -0.39 is 17.3 Å². The van der Waals surface area contributed by atoms with Gasteiger partial charge in [-0.05, 0) is 49.1 Å². The number of amides is 1. The molecule has 1 unspecified atom stereocenters. The van der Waals surface area contributed by atoms with Crippen molar-refractivity contribution in [3.8, 4) is 0 Å². The summed E-state index contributed by atoms with van der Waals surface area (Å²) in [6.07, 6.45) is 2.36. The number of fused-ring (bicyclic) bond motifs is 1. The Labute approximate surface area is 159 Å². The van der Waals surface area contributed by atoms with Crippen LogP contribution in [0.4, 0.5) is 4.39 Å². The van der Waals surface area contributed by atoms with Gasteiger partial charge in [0, 0.05) is 17.6 Å². The molecule has 0 radical (unpaired) electrons. The summed E-state index contributed by atoms with van der Waals surface area (Å²) in [5.74, 6) is -0.997. The fourth-order valence-corrected chi connectivity index (χ4v) is 3.82. The second-order valence-corrected chi connectivity index (χ2v) is 7.11. The molecule has 5 nitrogen and oxygen atoms in total. The van der Waals surface area contributed by atoms with Crippen LogP contribution in [0.2, 0.25) is 5.02 Å². The standard InChI is InChI=1S/C20H17ClFN3O2/c21-13-5-1-4-12(10-13)11-14-6-3-9-25(14)20(27)18-19(26)24-17-15(22)7-2-8-16(17)23-18/h1-2,4-5,7-8,10,14H,3,6,9,11H2,(H,24,26). The molecule has 27 heavy (non-hydrogen) atoms. The SMILES string of the molecule is O=C(c1nc2cccc(F)c2[nH]c1=O)N1CCCC1Cc1cccc(Cl)c1. The number of rotatable bonds is 3. The van der Waals surface area contributed by atoms with E-state index in [-0.39, 0.29) is 22.8 Å². The van der Waals surface area contributed by atoms with Gasteiger partial charge in [-0.25, -0.2) is 9.37 Å². The molecule has 1 amide bonds. The maximum absolute atomic E-state index is 13.8. The molecule has 1 fully saturated rings. The van der Waals surface area contributed by atoms with Crippen molar-refractivity contribution in [1.82, 2.24) is 14.9 Å². The van der Waals surface area contributed by atoms with E-state index in [2.05, 4.69) is 9.97 Å². The fraction of sp³-hybridized carbons (Fsp3) is 0.250. The van der Waals surface area contributed by atoms with Crippen LogP contribution in [0.3, 0.4) is 0 Å². The zero-order valence-corrected chi connectivity index (χ0v) is 15.2. The Morgan fingerprint density at radius 1 is 1.30 bits per heavy atom. The van der Waals surface area contributed by atoms with Crippen molar-refractivity contribution < 1.29 is 9.18 Å². The summed E-state index contributed by atoms with van der Waals surface area (Å²) in [7, 11) is 0. The van der Waals surface area contributed by atoms with Gasteiger partial charge in [0.2, 0.25) is 0 Å². The first kappa shape index (κ1) is 17.7. The average molecular weight is 386 g/mol. The lowest BCUT2D eigenvalue weighted by atomic mass is 10.0. The third-order valence-corrected chi connectivity index (χ3v) is 5.11. The Balaban J connectivity index is 1.64. The molecule has 0 bridgehead atoms. The van der Waals surface area contributed by atoms with E-state index in [0.717, 1.165) is 18.4 Å². The summed E-state index contributed by atoms with van der Waals surface area (Å²) >= 11 is 6.05. The number of hydrogen-bond donors (Lipinski definition) is 1. The first-order chi connectivity index (χ1) is 13.0. The Kier molecular flexibility index (Phi) is 4.66. The number of nitrogens with one attached hydrogen (secondary N) is 1. The van der Waals surface area contributed by atoms with Crippen LogP contribution in [-0.4, -0.2) is 33.4 Å². The molecule has 0 spiro atoms. The Morgan fingerprint density at radius 2 is 2.11 bits per heavy atom. The average Bonchev–Trinajstić information content (AvgIpc) is 3.09. The number of carbonyl (C=O) groups excluding carboxylic acids is 1. The number of hydrogen-bond acceptors (Lipinski definition) is 3. The van der Waals surface area contributed by atoms with E-state index in [1.54, 1.807) is 17.0 Å². The predicted molar refractivity (Wildman–Crippen MR) is 102 cm³/mol. The van der Waals surface area contributed by atoms with Crippen LogP contribution in [-0.2, 0) is 6.42 Å². The summed E-state index contributed by atoms with van der Waals surface area (Å²) in [6.45, 7) is 0.562. The van der Waals surface area contributed by atoms with E-state index in [1.165, 1.54) is 12.1 Å². The van der Waals surface area contributed by atoms with Crippen LogP contribution < -0.4 is 5.56 Å². The highest BCUT2D eigenvalue weighted by molar-refractivity contribution is 6.30. The van der Waals surface area contributed by atoms with Crippen LogP contribution in [0, 0.1) is 5.82 Å². The minimum Gasteiger partial charge on any atom is -0.334 e. The van der Waals surface area contributed by atoms with Crippen LogP contribution in [0.25, 0.3) is 11.0 Å². The number of halogens is 2. The van der Waals surface area contributed by atoms with Gasteiger partial charge in [0.15, 0.2) is 5.69 Å². The number of aromatic nitrogens is 2. The minimum absolute atomic E-state index is 0.0101. The van der Waals surface area contributed by atoms with Crippen LogP contribution in [0.5, 0.6) is 0 Å². The third kappa shape index (κ3) is 3.45. The van der Waals surface area contributed by atoms with Gasteiger partial charge < -0.3 is 9.88 Å². The summed E-state index contributed by atoms with van der Waals surface area (Å²) in [6, 6.07) is 11.8. The largest absolute Gasteiger partial charge is 0.334 e. The number of aromatic amines is 1. The van der Waals surface area contributed by atoms with E-state index in [9.17, 15) is 14.0 Å². The highest BCUT2D eigenvalue weighted by Crippen LogP contribution is 2.24. The Hall–Kier alpha value is -2.73. The Bertz CT molecular complexity index is 1080. The molecule has 4 rings (SSSR count). The molecule has 1 N–H and O–H groups in total. The number of H-pyrrole nitrogens is 1. The number of likely N-dealkylation sites (tertiary alicyclic amines) is 1. The van der Waals surface area contributed by atoms with Gasteiger partial charge in [0.1, 0.15) is 11.3 Å². The second-order valence-electron chi connectivity index (χ2n) is 6.68. The fourth-order valence-electron chi connectivity index (χ4n) is 3.61. The van der Waals surface area contributed by atoms with Gasteiger partial charge in [-0.1, -0.05) is 29.8 Å². The lowest BCUT2D eigenvalue weighted by Gasteiger charge is -2.24. The lowest BCUT2D eigenvalue weighted by molar-refractivity contribution is 0.0729. The van der Waals surface area contributed by atoms with Gasteiger partial charge in [0.05, 0.1) is 5.52 Å². The number of carbonyl (C=O) groups is 1. The lowest BCUT2D eigenvalue weighted by Crippen LogP contribution is -2.40. The maximum Gasteiger partial charge on any atom is 0.280 e. The van der Waals surface area contributed by atoms with E-state index >= 15 is 0 Å². The van der Waals surface area contributed by atoms with Gasteiger partial charge in [0.25, 0.3) is 11.5 Å². The summed E-state index contributed by atoms with van der Waals surface area (Å²) in [5, 5.41) is 0.651. The highest BCUT2D eigenvalue weighted by Gasteiger charge is 2.31. The minimum atomic E-state index is -0.675. The smallest absolute Gasteiger partial charge is 0.280 e. The molecule has 2 heterocycles. The van der Waals surface area contributed by atoms with E-state index in [4.69, 9.17) is 11.6 Å². The highest BCUT2D eigenvalue weighted by atomic mass is 35.5. The maximum atomic E-state index is 13.8. The van der Waals surface area contributed by atoms with Crippen LogP contribution >= 0.6 is 11.6 Å². The van der Waals surface area contributed by atoms with Crippen molar-refractivity contribution in [1.29, 1.82) is 0 Å². The molecular formula is C20H17ClFN3O2. The zero-order chi connectivity index (χ0) is 19.0. The molecule has 138 valence electrons. The second kappa shape index (κ2) is 7.12. The van der Waals surface area contributed by atoms with Gasteiger partial charge >= 0.3 is 0 Å². The zero-order valence-electron chi connectivity index (χ0n) is 14.4. The van der Waals surface area contributed by atoms with Crippen molar-refractivity contribution in [2.75, 3.05) is 6.54 Å². The van der Waals surface area contributed by atoms with Crippen molar-refractivity contribution >= 4 is 28.5 Å². The molecule has 1 saturated heterocycles. The number of nitrogens with zero attached hydrogens (tertiary/aromatic N) is 2. The molecule has 1 aromatic heterocycles. The van der Waals surface area contributed by atoms with Crippen molar-refractivity contribution in [2.24, 2.45) is 0 Å². The van der Waals surface area contributed by atoms with Crippen LogP contribution in [0.1, 0.15) is 28.9 Å². The summed E-state index contributed by atoms with van der Waals surface area (Å²) < 4.78 is 13.8. The number of para-hydroxylation sites is 1. The van der Waals surface area contributed by atoms with Gasteiger partial charge in [-0.3, -0.25) is 9.59 Å². The van der Waals surface area contributed by atoms with E-state index in [1.807, 2.05) is 18.2 Å². The topological polar surface area (TPSA) is 66.1 Å². The quantitative estimate of drug-likeness (QED) is 0.749. The molecular weight excluding hydrogens is 369 g/mol. The van der Waals surface area contributed by atoms with Crippen molar-refractivity contribution in [2.45, 2.75) is 25.3 Å². The Morgan fingerprint density at radius 3 is 2.93 bits per heavy atom. The molecule has 1 aliphatic heterocycles. The third-order valence-electron chi connectivity index (χ3n) is 4.88. The molecule has 0 aliphatic carbocycles. The summed E-state index contributed by atoms with van der Waals surface area (Å²) in [5.41, 5.74) is 0.422. The first-order valence-electron chi connectivity index (χ1n) is 8.77.